The summed E-state index contributed by atoms with van der Waals surface area (Å²) in [7, 11) is 0. The number of carbonyl (C=O) groups is 2. The van der Waals surface area contributed by atoms with Crippen LogP contribution in [-0.2, 0) is 4.79 Å². The van der Waals surface area contributed by atoms with Gasteiger partial charge in [0.15, 0.2) is 0 Å². The fraction of sp³-hybridized carbons (Fsp3) is 0.222. The van der Waals surface area contributed by atoms with Gasteiger partial charge < -0.3 is 10.2 Å². The molecule has 1 N–H and O–H groups in total. The number of anilines is 1. The molecule has 2 aromatic rings. The van der Waals surface area contributed by atoms with Crippen LogP contribution in [-0.4, -0.2) is 40.1 Å². The monoisotopic (exact) mass is 412 g/mol. The first-order chi connectivity index (χ1) is 13.0. The van der Waals surface area contributed by atoms with Crippen molar-refractivity contribution < 1.29 is 22.8 Å². The first kappa shape index (κ1) is 19.6. The molecule has 0 radical (unpaired) electrons. The largest absolute Gasteiger partial charge is 0.322 e. The fourth-order valence-electron chi connectivity index (χ4n) is 2.58. The van der Waals surface area contributed by atoms with Crippen LogP contribution in [0, 0.1) is 5.82 Å². The van der Waals surface area contributed by atoms with E-state index >= 15 is 0 Å². The SMILES string of the molecule is O=C(Nc1ccccc1F)C1CSCN1C(=O)c1ccc(SC(F)F)cc1. The van der Waals surface area contributed by atoms with Crippen molar-refractivity contribution in [2.45, 2.75) is 16.7 Å². The lowest BCUT2D eigenvalue weighted by Gasteiger charge is -2.23. The molecular formula is C18H15F3N2O2S2. The van der Waals surface area contributed by atoms with Crippen LogP contribution in [0.2, 0.25) is 0 Å². The second-order valence-electron chi connectivity index (χ2n) is 5.66. The van der Waals surface area contributed by atoms with Gasteiger partial charge in [-0.3, -0.25) is 9.59 Å². The number of hydrogen-bond acceptors (Lipinski definition) is 4. The van der Waals surface area contributed by atoms with Crippen molar-refractivity contribution in [1.29, 1.82) is 0 Å². The number of rotatable bonds is 5. The lowest BCUT2D eigenvalue weighted by atomic mass is 10.1. The third-order valence-electron chi connectivity index (χ3n) is 3.90. The highest BCUT2D eigenvalue weighted by molar-refractivity contribution is 7.99. The molecule has 1 atom stereocenters. The van der Waals surface area contributed by atoms with E-state index in [1.54, 1.807) is 6.07 Å². The predicted octanol–water partition coefficient (Wildman–Crippen LogP) is 4.29. The molecule has 2 amide bonds. The molecule has 1 unspecified atom stereocenters. The lowest BCUT2D eigenvalue weighted by molar-refractivity contribution is -0.119. The van der Waals surface area contributed by atoms with E-state index in [4.69, 9.17) is 0 Å². The second-order valence-corrected chi connectivity index (χ2v) is 7.73. The third kappa shape index (κ3) is 4.78. The molecule has 1 heterocycles. The standard InChI is InChI=1S/C18H15F3N2O2S2/c19-13-3-1-2-4-14(13)22-16(24)15-9-26-10-23(15)17(25)11-5-7-12(8-6-11)27-18(20)21/h1-8,15,18H,9-10H2,(H,22,24). The number of thioether (sulfide) groups is 2. The second kappa shape index (κ2) is 8.71. The zero-order valence-corrected chi connectivity index (χ0v) is 15.5. The highest BCUT2D eigenvalue weighted by atomic mass is 32.2. The normalized spacial score (nSPS) is 16.6. The third-order valence-corrected chi connectivity index (χ3v) is 5.64. The molecular weight excluding hydrogens is 397 g/mol. The maximum atomic E-state index is 13.7. The summed E-state index contributed by atoms with van der Waals surface area (Å²) in [6.45, 7) is 0. The average Bonchev–Trinajstić information content (AvgIpc) is 3.13. The van der Waals surface area contributed by atoms with Crippen LogP contribution in [0.15, 0.2) is 53.4 Å². The Kier molecular flexibility index (Phi) is 6.33. The van der Waals surface area contributed by atoms with Crippen molar-refractivity contribution in [2.75, 3.05) is 16.9 Å². The summed E-state index contributed by atoms with van der Waals surface area (Å²) in [5.74, 6) is -3.22. The van der Waals surface area contributed by atoms with Crippen LogP contribution in [0.25, 0.3) is 0 Å². The molecule has 27 heavy (non-hydrogen) atoms. The lowest BCUT2D eigenvalue weighted by Crippen LogP contribution is -2.44. The molecule has 1 saturated heterocycles. The van der Waals surface area contributed by atoms with E-state index in [1.165, 1.54) is 59.1 Å². The number of alkyl halides is 2. The van der Waals surface area contributed by atoms with Crippen LogP contribution in [0.4, 0.5) is 18.9 Å². The quantitative estimate of drug-likeness (QED) is 0.745. The Labute approximate surface area is 162 Å². The number of carbonyl (C=O) groups excluding carboxylic acids is 2. The van der Waals surface area contributed by atoms with Gasteiger partial charge in [-0.25, -0.2) is 4.39 Å². The Morgan fingerprint density at radius 2 is 1.85 bits per heavy atom. The van der Waals surface area contributed by atoms with Crippen LogP contribution in [0.5, 0.6) is 0 Å². The van der Waals surface area contributed by atoms with E-state index in [0.29, 0.717) is 33.9 Å². The van der Waals surface area contributed by atoms with Crippen molar-refractivity contribution in [2.24, 2.45) is 0 Å². The fourth-order valence-corrected chi connectivity index (χ4v) is 4.24. The van der Waals surface area contributed by atoms with Crippen LogP contribution in [0.3, 0.4) is 0 Å². The Morgan fingerprint density at radius 1 is 1.15 bits per heavy atom. The van der Waals surface area contributed by atoms with Gasteiger partial charge in [-0.2, -0.15) is 8.78 Å². The van der Waals surface area contributed by atoms with Gasteiger partial charge in [0.25, 0.3) is 11.7 Å². The Morgan fingerprint density at radius 3 is 2.52 bits per heavy atom. The summed E-state index contributed by atoms with van der Waals surface area (Å²) in [5, 5.41) is 2.51. The van der Waals surface area contributed by atoms with Crippen molar-refractivity contribution in [3.05, 3.63) is 59.9 Å². The molecule has 142 valence electrons. The smallest absolute Gasteiger partial charge is 0.288 e. The topological polar surface area (TPSA) is 49.4 Å². The summed E-state index contributed by atoms with van der Waals surface area (Å²) in [6.07, 6.45) is 0. The molecule has 0 saturated carbocycles. The minimum absolute atomic E-state index is 0.0557. The van der Waals surface area contributed by atoms with Crippen LogP contribution >= 0.6 is 23.5 Å². The van der Waals surface area contributed by atoms with E-state index in [9.17, 15) is 22.8 Å². The van der Waals surface area contributed by atoms with Gasteiger partial charge in [0, 0.05) is 16.2 Å². The van der Waals surface area contributed by atoms with E-state index < -0.39 is 23.5 Å². The zero-order valence-electron chi connectivity index (χ0n) is 13.9. The average molecular weight is 412 g/mol. The first-order valence-electron chi connectivity index (χ1n) is 7.94. The van der Waals surface area contributed by atoms with Gasteiger partial charge in [0.1, 0.15) is 11.9 Å². The molecule has 2 aromatic carbocycles. The van der Waals surface area contributed by atoms with Crippen molar-refractivity contribution in [3.63, 3.8) is 0 Å². The summed E-state index contributed by atoms with van der Waals surface area (Å²) in [6, 6.07) is 10.9. The van der Waals surface area contributed by atoms with E-state index in [2.05, 4.69) is 5.32 Å². The molecule has 3 rings (SSSR count). The van der Waals surface area contributed by atoms with Gasteiger partial charge in [-0.1, -0.05) is 23.9 Å². The summed E-state index contributed by atoms with van der Waals surface area (Å²) < 4.78 is 38.5. The Balaban J connectivity index is 1.70. The van der Waals surface area contributed by atoms with Crippen LogP contribution in [0.1, 0.15) is 10.4 Å². The van der Waals surface area contributed by atoms with Crippen molar-refractivity contribution in [3.8, 4) is 0 Å². The highest BCUT2D eigenvalue weighted by Gasteiger charge is 2.35. The molecule has 1 aliphatic rings. The number of hydrogen-bond donors (Lipinski definition) is 1. The van der Waals surface area contributed by atoms with Gasteiger partial charge in [0.2, 0.25) is 5.91 Å². The zero-order chi connectivity index (χ0) is 19.4. The molecule has 9 heteroatoms. The molecule has 1 fully saturated rings. The minimum atomic E-state index is -2.53. The molecule has 0 aliphatic carbocycles. The van der Waals surface area contributed by atoms with Crippen molar-refractivity contribution in [1.82, 2.24) is 4.90 Å². The Hall–Kier alpha value is -2.13. The van der Waals surface area contributed by atoms with E-state index in [0.717, 1.165) is 0 Å². The van der Waals surface area contributed by atoms with Gasteiger partial charge >= 0.3 is 0 Å². The predicted molar refractivity (Wildman–Crippen MR) is 101 cm³/mol. The molecule has 0 bridgehead atoms. The molecule has 0 aromatic heterocycles. The number of nitrogens with zero attached hydrogens (tertiary/aromatic N) is 1. The van der Waals surface area contributed by atoms with Gasteiger partial charge in [-0.15, -0.1) is 11.8 Å². The number of amides is 2. The van der Waals surface area contributed by atoms with E-state index in [1.807, 2.05) is 0 Å². The summed E-state index contributed by atoms with van der Waals surface area (Å²) in [4.78, 5) is 27.0. The number of nitrogens with one attached hydrogen (secondary N) is 1. The molecule has 0 spiro atoms. The first-order valence-corrected chi connectivity index (χ1v) is 9.98. The number of para-hydroxylation sites is 1. The molecule has 1 aliphatic heterocycles. The minimum Gasteiger partial charge on any atom is -0.322 e. The van der Waals surface area contributed by atoms with Gasteiger partial charge in [-0.05, 0) is 36.4 Å². The maximum absolute atomic E-state index is 13.7. The summed E-state index contributed by atoms with van der Waals surface area (Å²) >= 11 is 1.81. The summed E-state index contributed by atoms with van der Waals surface area (Å²) in [5.41, 5.74) is 0.361. The van der Waals surface area contributed by atoms with E-state index in [-0.39, 0.29) is 11.6 Å². The van der Waals surface area contributed by atoms with Crippen molar-refractivity contribution >= 4 is 41.0 Å². The highest BCUT2D eigenvalue weighted by Crippen LogP contribution is 2.28. The number of benzene rings is 2. The van der Waals surface area contributed by atoms with Crippen LogP contribution < -0.4 is 5.32 Å². The Bertz CT molecular complexity index is 834. The number of halogens is 3. The molecule has 4 nitrogen and oxygen atoms in total. The van der Waals surface area contributed by atoms with Gasteiger partial charge in [0.05, 0.1) is 11.6 Å². The maximum Gasteiger partial charge on any atom is 0.288 e.